The zero-order valence-electron chi connectivity index (χ0n) is 46.9. The predicted molar refractivity (Wildman–Crippen MR) is 341 cm³/mol. The van der Waals surface area contributed by atoms with Gasteiger partial charge in [0.25, 0.3) is 0 Å². The van der Waals surface area contributed by atoms with Crippen molar-refractivity contribution >= 4 is 114 Å². The number of anilines is 2. The molecule has 0 bridgehead atoms. The first-order chi connectivity index (χ1) is 41.8. The maximum atomic E-state index is 13.6. The summed E-state index contributed by atoms with van der Waals surface area (Å²) in [6.45, 7) is 5.19. The molecule has 0 spiro atoms. The Morgan fingerprint density at radius 1 is 0.453 bits per heavy atom. The van der Waals surface area contributed by atoms with Crippen molar-refractivity contribution in [1.29, 1.82) is 0 Å². The van der Waals surface area contributed by atoms with Crippen LogP contribution in [0.4, 0.5) is 30.6 Å². The van der Waals surface area contributed by atoms with Crippen molar-refractivity contribution < 1.29 is 52.5 Å². The van der Waals surface area contributed by atoms with Crippen LogP contribution >= 0.6 is 23.5 Å². The Hall–Kier alpha value is -10.4. The monoisotopic (exact) mass is 1180 g/mol. The van der Waals surface area contributed by atoms with Crippen LogP contribution in [-0.4, -0.2) is 61.9 Å². The highest BCUT2D eigenvalue weighted by Gasteiger charge is 2.25. The molecule has 0 aliphatic rings. The molecule has 430 valence electrons. The molecular formula is C69H56N4O11S2. The lowest BCUT2D eigenvalue weighted by Gasteiger charge is -2.19. The minimum atomic E-state index is -0.992. The molecule has 4 amide bonds. The first kappa shape index (κ1) is 58.8. The van der Waals surface area contributed by atoms with Crippen LogP contribution in [0.25, 0.3) is 65.3 Å². The number of hydrogen-bond donors (Lipinski definition) is 4. The summed E-state index contributed by atoms with van der Waals surface area (Å²) in [7, 11) is 0. The number of thioether (sulfide) groups is 2. The second-order valence-corrected chi connectivity index (χ2v) is 21.2. The highest BCUT2D eigenvalue weighted by atomic mass is 32.2. The number of esters is 2. The highest BCUT2D eigenvalue weighted by Crippen LogP contribution is 2.47. The van der Waals surface area contributed by atoms with E-state index in [1.165, 1.54) is 24.8 Å². The van der Waals surface area contributed by atoms with E-state index in [9.17, 15) is 28.8 Å². The summed E-state index contributed by atoms with van der Waals surface area (Å²) in [4.78, 5) is 82.2. The van der Waals surface area contributed by atoms with E-state index in [0.717, 1.165) is 52.9 Å². The first-order valence-corrected chi connectivity index (χ1v) is 29.7. The molecule has 10 aromatic rings. The SMILES string of the molecule is C=C(CCNC(=O)Oc1ccc2ccccc2c1-c1c(OC(=O)Nc2ccccc2SC)ccc2ccccc12)C(=O)OC(=O)C(C)=CCCNC(=O)Oc1ccc2ccccc2c1-c1c(OC(=O)Nc2cccc(SC)c2)ccc2ccccc12. The van der Waals surface area contributed by atoms with Crippen molar-refractivity contribution in [3.05, 3.63) is 218 Å². The minimum Gasteiger partial charge on any atom is -0.410 e. The van der Waals surface area contributed by atoms with E-state index in [1.807, 2.05) is 170 Å². The van der Waals surface area contributed by atoms with Crippen molar-refractivity contribution in [2.75, 3.05) is 36.2 Å². The molecule has 15 nitrogen and oxygen atoms in total. The van der Waals surface area contributed by atoms with Crippen LogP contribution in [-0.2, 0) is 14.3 Å². The molecule has 0 unspecified atom stereocenters. The van der Waals surface area contributed by atoms with Crippen LogP contribution in [0.15, 0.2) is 228 Å². The normalized spacial score (nSPS) is 11.2. The molecule has 0 radical (unpaired) electrons. The van der Waals surface area contributed by atoms with E-state index in [1.54, 1.807) is 48.2 Å². The number of benzene rings is 10. The van der Waals surface area contributed by atoms with Gasteiger partial charge in [-0.15, -0.1) is 23.5 Å². The summed E-state index contributed by atoms with van der Waals surface area (Å²) >= 11 is 3.03. The quantitative estimate of drug-likeness (QED) is 0.0208. The Kier molecular flexibility index (Phi) is 18.7. The van der Waals surface area contributed by atoms with Crippen LogP contribution in [0.5, 0.6) is 23.0 Å². The van der Waals surface area contributed by atoms with Gasteiger partial charge < -0.3 is 34.3 Å². The topological polar surface area (TPSA) is 197 Å². The lowest BCUT2D eigenvalue weighted by molar-refractivity contribution is -0.154. The third-order valence-corrected chi connectivity index (χ3v) is 15.4. The molecule has 0 atom stereocenters. The van der Waals surface area contributed by atoms with Gasteiger partial charge in [0.15, 0.2) is 0 Å². The van der Waals surface area contributed by atoms with E-state index >= 15 is 0 Å². The highest BCUT2D eigenvalue weighted by molar-refractivity contribution is 7.99. The number of nitrogens with one attached hydrogen (secondary N) is 4. The smallest absolute Gasteiger partial charge is 0.410 e. The van der Waals surface area contributed by atoms with E-state index in [-0.39, 0.29) is 60.1 Å². The molecule has 0 aromatic heterocycles. The van der Waals surface area contributed by atoms with Gasteiger partial charge in [0.2, 0.25) is 0 Å². The molecule has 0 aliphatic carbocycles. The zero-order chi connectivity index (χ0) is 60.1. The molecule has 10 aromatic carbocycles. The van der Waals surface area contributed by atoms with E-state index in [4.69, 9.17) is 23.7 Å². The summed E-state index contributed by atoms with van der Waals surface area (Å²) in [5.74, 6) is -1.09. The standard InChI is InChI=1S/C69H56N4O11S2/c1-42(17-16-39-70-66(76)80-55-34-30-44-18-5-9-24-50(44)60(55)62-52-26-11-7-20-46(52)32-36-57(62)82-68(78)72-48-22-15-23-49(41-48)85-3)64(74)84-65(75)43(2)38-40-71-67(77)81-56-35-31-45-19-6-10-25-51(45)61(56)63-53-27-12-8-21-47(53)33-37-58(63)83-69(79)73-54-28-13-14-29-59(54)86-4/h5-15,17-37,41H,2,16,38-40H2,1,3-4H3,(H,70,76)(H,71,77)(H,72,78)(H,73,79). The molecule has 0 fully saturated rings. The number of rotatable bonds is 18. The van der Waals surface area contributed by atoms with Gasteiger partial charge in [0, 0.05) is 62.0 Å². The Balaban J connectivity index is 0.754. The number of ether oxygens (including phenoxy) is 5. The Labute approximate surface area is 503 Å². The number of amides is 4. The summed E-state index contributed by atoms with van der Waals surface area (Å²) in [6, 6.07) is 59.3. The average molecular weight is 1180 g/mol. The minimum absolute atomic E-state index is 0.0397. The number of para-hydroxylation sites is 1. The number of carbonyl (C=O) groups excluding carboxylic acids is 6. The fourth-order valence-electron chi connectivity index (χ4n) is 9.78. The van der Waals surface area contributed by atoms with Gasteiger partial charge in [-0.3, -0.25) is 10.6 Å². The van der Waals surface area contributed by atoms with Gasteiger partial charge in [-0.1, -0.05) is 152 Å². The van der Waals surface area contributed by atoms with Crippen LogP contribution in [0.1, 0.15) is 19.8 Å². The molecule has 17 heteroatoms. The third-order valence-electron chi connectivity index (χ3n) is 13.9. The molecule has 0 saturated heterocycles. The fourth-order valence-corrected chi connectivity index (χ4v) is 10.8. The lowest BCUT2D eigenvalue weighted by atomic mass is 9.92. The fraction of sp³-hybridized carbons (Fsp3) is 0.101. The number of hydrogen-bond acceptors (Lipinski definition) is 13. The van der Waals surface area contributed by atoms with Crippen LogP contribution < -0.4 is 40.2 Å². The summed E-state index contributed by atoms with van der Waals surface area (Å²) in [5, 5.41) is 17.4. The Bertz CT molecular complexity index is 4340. The lowest BCUT2D eigenvalue weighted by Crippen LogP contribution is -2.29. The van der Waals surface area contributed by atoms with Gasteiger partial charge in [-0.2, -0.15) is 0 Å². The largest absolute Gasteiger partial charge is 0.417 e. The predicted octanol–water partition coefficient (Wildman–Crippen LogP) is 16.5. The molecule has 86 heavy (non-hydrogen) atoms. The second kappa shape index (κ2) is 27.4. The molecular weight excluding hydrogens is 1120 g/mol. The van der Waals surface area contributed by atoms with Crippen molar-refractivity contribution in [2.24, 2.45) is 0 Å². The number of carbonyl (C=O) groups is 6. The van der Waals surface area contributed by atoms with Crippen molar-refractivity contribution in [2.45, 2.75) is 29.6 Å². The third kappa shape index (κ3) is 13.8. The average Bonchev–Trinajstić information content (AvgIpc) is 1.50. The van der Waals surface area contributed by atoms with Gasteiger partial charge in [0.1, 0.15) is 23.0 Å². The second-order valence-electron chi connectivity index (χ2n) is 19.4. The van der Waals surface area contributed by atoms with E-state index < -0.39 is 36.3 Å². The summed E-state index contributed by atoms with van der Waals surface area (Å²) in [5.41, 5.74) is 3.23. The molecule has 4 N–H and O–H groups in total. The molecule has 0 heterocycles. The van der Waals surface area contributed by atoms with Gasteiger partial charge in [-0.05, 0) is 130 Å². The van der Waals surface area contributed by atoms with Gasteiger partial charge >= 0.3 is 36.3 Å². The van der Waals surface area contributed by atoms with Crippen molar-refractivity contribution in [3.8, 4) is 45.3 Å². The van der Waals surface area contributed by atoms with Gasteiger partial charge in [0.05, 0.1) is 5.69 Å². The maximum Gasteiger partial charge on any atom is 0.417 e. The zero-order valence-corrected chi connectivity index (χ0v) is 48.5. The molecule has 0 aliphatic heterocycles. The van der Waals surface area contributed by atoms with Crippen molar-refractivity contribution in [3.63, 3.8) is 0 Å². The van der Waals surface area contributed by atoms with E-state index in [0.29, 0.717) is 33.6 Å². The first-order valence-electron chi connectivity index (χ1n) is 27.2. The number of fused-ring (bicyclic) bond motifs is 4. The Morgan fingerprint density at radius 2 is 0.884 bits per heavy atom. The summed E-state index contributed by atoms with van der Waals surface area (Å²) in [6.07, 6.45) is 2.38. The Morgan fingerprint density at radius 3 is 1.36 bits per heavy atom. The van der Waals surface area contributed by atoms with Crippen LogP contribution in [0, 0.1) is 0 Å². The summed E-state index contributed by atoms with van der Waals surface area (Å²) < 4.78 is 29.2. The van der Waals surface area contributed by atoms with Crippen LogP contribution in [0.3, 0.4) is 0 Å². The maximum absolute atomic E-state index is 13.6. The van der Waals surface area contributed by atoms with Gasteiger partial charge in [-0.25, -0.2) is 28.8 Å². The van der Waals surface area contributed by atoms with Crippen molar-refractivity contribution in [1.82, 2.24) is 10.6 Å². The van der Waals surface area contributed by atoms with Crippen LogP contribution in [0.2, 0.25) is 0 Å². The molecule has 0 saturated carbocycles. The molecule has 10 rings (SSSR count). The van der Waals surface area contributed by atoms with E-state index in [2.05, 4.69) is 27.8 Å².